The summed E-state index contributed by atoms with van der Waals surface area (Å²) in [5.74, 6) is 1.02. The molecule has 2 rings (SSSR count). The molecule has 0 atom stereocenters. The van der Waals surface area contributed by atoms with E-state index in [1.807, 2.05) is 25.1 Å². The summed E-state index contributed by atoms with van der Waals surface area (Å²) in [7, 11) is 0. The van der Waals surface area contributed by atoms with Crippen LogP contribution in [0.25, 0.3) is 0 Å². The molecule has 0 N–H and O–H groups in total. The normalized spacial score (nSPS) is 10.0. The van der Waals surface area contributed by atoms with Crippen molar-refractivity contribution >= 4 is 22.2 Å². The summed E-state index contributed by atoms with van der Waals surface area (Å²) < 4.78 is 6.61. The second kappa shape index (κ2) is 5.10. The largest absolute Gasteiger partial charge is 0.438 e. The van der Waals surface area contributed by atoms with Gasteiger partial charge in [-0.15, -0.1) is 0 Å². The Balaban J connectivity index is 2.34. The van der Waals surface area contributed by atoms with Crippen LogP contribution in [-0.4, -0.2) is 11.3 Å². The Bertz CT molecular complexity index is 555. The number of hydrogen-bond donors (Lipinski definition) is 0. The van der Waals surface area contributed by atoms with Crippen LogP contribution in [0.5, 0.6) is 11.6 Å². The van der Waals surface area contributed by atoms with Crippen LogP contribution in [0.2, 0.25) is 0 Å². The predicted octanol–water partition coefficient (Wildman–Crippen LogP) is 3.76. The van der Waals surface area contributed by atoms with Gasteiger partial charge in [-0.25, -0.2) is 4.98 Å². The minimum Gasteiger partial charge on any atom is -0.438 e. The van der Waals surface area contributed by atoms with Gasteiger partial charge in [-0.05, 0) is 42.8 Å². The van der Waals surface area contributed by atoms with Gasteiger partial charge in [-0.1, -0.05) is 15.9 Å². The zero-order valence-corrected chi connectivity index (χ0v) is 10.8. The van der Waals surface area contributed by atoms with Crippen LogP contribution in [0.4, 0.5) is 0 Å². The number of halogens is 1. The van der Waals surface area contributed by atoms with Gasteiger partial charge < -0.3 is 4.74 Å². The third-order valence-electron chi connectivity index (χ3n) is 2.27. The fourth-order valence-corrected chi connectivity index (χ4v) is 1.89. The number of ether oxygens (including phenoxy) is 1. The van der Waals surface area contributed by atoms with Gasteiger partial charge in [0, 0.05) is 10.7 Å². The Labute approximate surface area is 108 Å². The van der Waals surface area contributed by atoms with Crippen molar-refractivity contribution in [2.24, 2.45) is 0 Å². The summed E-state index contributed by atoms with van der Waals surface area (Å²) in [6.45, 7) is 1.93. The summed E-state index contributed by atoms with van der Waals surface area (Å²) in [6, 6.07) is 9.03. The van der Waals surface area contributed by atoms with Gasteiger partial charge in [0.25, 0.3) is 0 Å². The van der Waals surface area contributed by atoms with Crippen molar-refractivity contribution in [3.8, 4) is 11.6 Å². The summed E-state index contributed by atoms with van der Waals surface area (Å²) in [6.07, 6.45) is 2.33. The van der Waals surface area contributed by atoms with Gasteiger partial charge >= 0.3 is 0 Å². The number of carbonyl (C=O) groups excluding carboxylic acids is 1. The molecule has 1 heterocycles. The van der Waals surface area contributed by atoms with E-state index in [2.05, 4.69) is 20.9 Å². The number of hydrogen-bond acceptors (Lipinski definition) is 3. The molecule has 3 nitrogen and oxygen atoms in total. The van der Waals surface area contributed by atoms with E-state index in [1.165, 1.54) is 0 Å². The van der Waals surface area contributed by atoms with E-state index in [0.29, 0.717) is 17.2 Å². The van der Waals surface area contributed by atoms with Crippen LogP contribution in [0.1, 0.15) is 15.9 Å². The number of aromatic nitrogens is 1. The number of nitrogens with zero attached hydrogens (tertiary/aromatic N) is 1. The lowest BCUT2D eigenvalue weighted by Crippen LogP contribution is -1.94. The summed E-state index contributed by atoms with van der Waals surface area (Å²) in [4.78, 5) is 14.9. The fourth-order valence-electron chi connectivity index (χ4n) is 1.41. The average Bonchev–Trinajstić information content (AvgIpc) is 2.33. The highest BCUT2D eigenvalue weighted by Gasteiger charge is 2.07. The van der Waals surface area contributed by atoms with E-state index < -0.39 is 0 Å². The first-order valence-electron chi connectivity index (χ1n) is 5.05. The first-order valence-corrected chi connectivity index (χ1v) is 5.84. The first-order chi connectivity index (χ1) is 8.20. The maximum absolute atomic E-state index is 10.8. The molecule has 86 valence electrons. The maximum Gasteiger partial charge on any atom is 0.229 e. The van der Waals surface area contributed by atoms with E-state index in [4.69, 9.17) is 4.74 Å². The molecule has 0 bridgehead atoms. The summed E-state index contributed by atoms with van der Waals surface area (Å²) in [5, 5.41) is 0. The zero-order chi connectivity index (χ0) is 12.3. The van der Waals surface area contributed by atoms with Crippen LogP contribution in [0, 0.1) is 6.92 Å². The molecule has 17 heavy (non-hydrogen) atoms. The number of aldehydes is 1. The van der Waals surface area contributed by atoms with Crippen LogP contribution in [-0.2, 0) is 0 Å². The third-order valence-corrected chi connectivity index (χ3v) is 2.76. The highest BCUT2D eigenvalue weighted by Crippen LogP contribution is 2.27. The molecule has 2 aromatic rings. The van der Waals surface area contributed by atoms with Gasteiger partial charge in [0.1, 0.15) is 5.75 Å². The van der Waals surface area contributed by atoms with Gasteiger partial charge in [0.15, 0.2) is 6.29 Å². The monoisotopic (exact) mass is 291 g/mol. The molecular formula is C13H10BrNO2. The number of rotatable bonds is 3. The van der Waals surface area contributed by atoms with Crippen LogP contribution in [0.15, 0.2) is 41.0 Å². The fraction of sp³-hybridized carbons (Fsp3) is 0.0769. The molecule has 0 radical (unpaired) electrons. The first kappa shape index (κ1) is 11.8. The Morgan fingerprint density at radius 2 is 2.18 bits per heavy atom. The Hall–Kier alpha value is -1.68. The molecule has 1 aromatic heterocycles. The van der Waals surface area contributed by atoms with Crippen LogP contribution in [0.3, 0.4) is 0 Å². The molecule has 0 aliphatic rings. The standard InChI is InChI=1S/C13H10BrNO2/c1-9-7-11(14)4-5-12(9)17-13-10(8-16)3-2-6-15-13/h2-8H,1H3. The Kier molecular flexibility index (Phi) is 3.54. The van der Waals surface area contributed by atoms with E-state index in [9.17, 15) is 4.79 Å². The molecule has 0 spiro atoms. The van der Waals surface area contributed by atoms with E-state index in [1.54, 1.807) is 18.3 Å². The molecule has 4 heteroatoms. The highest BCUT2D eigenvalue weighted by atomic mass is 79.9. The van der Waals surface area contributed by atoms with Crippen molar-refractivity contribution in [3.63, 3.8) is 0 Å². The van der Waals surface area contributed by atoms with Gasteiger partial charge in [-0.2, -0.15) is 0 Å². The molecule has 0 saturated carbocycles. The second-order valence-electron chi connectivity index (χ2n) is 3.53. The number of carbonyl (C=O) groups is 1. The topological polar surface area (TPSA) is 39.2 Å². The van der Waals surface area contributed by atoms with Crippen molar-refractivity contribution in [2.75, 3.05) is 0 Å². The maximum atomic E-state index is 10.8. The van der Waals surface area contributed by atoms with Crippen molar-refractivity contribution < 1.29 is 9.53 Å². The van der Waals surface area contributed by atoms with Crippen LogP contribution < -0.4 is 4.74 Å². The molecule has 0 aliphatic heterocycles. The Morgan fingerprint density at radius 1 is 1.35 bits per heavy atom. The predicted molar refractivity (Wildman–Crippen MR) is 68.6 cm³/mol. The van der Waals surface area contributed by atoms with E-state index in [0.717, 1.165) is 16.3 Å². The number of benzene rings is 1. The molecule has 1 aromatic carbocycles. The molecule has 0 fully saturated rings. The molecule has 0 aliphatic carbocycles. The van der Waals surface area contributed by atoms with Crippen molar-refractivity contribution in [3.05, 3.63) is 52.1 Å². The third kappa shape index (κ3) is 2.71. The SMILES string of the molecule is Cc1cc(Br)ccc1Oc1ncccc1C=O. The smallest absolute Gasteiger partial charge is 0.229 e. The van der Waals surface area contributed by atoms with Gasteiger partial charge in [-0.3, -0.25) is 4.79 Å². The lowest BCUT2D eigenvalue weighted by molar-refractivity contribution is 0.112. The van der Waals surface area contributed by atoms with Gasteiger partial charge in [0.05, 0.1) is 5.56 Å². The number of aryl methyl sites for hydroxylation is 1. The van der Waals surface area contributed by atoms with Crippen molar-refractivity contribution in [1.82, 2.24) is 4.98 Å². The molecule has 0 amide bonds. The second-order valence-corrected chi connectivity index (χ2v) is 4.44. The van der Waals surface area contributed by atoms with Crippen molar-refractivity contribution in [2.45, 2.75) is 6.92 Å². The Morgan fingerprint density at radius 3 is 2.88 bits per heavy atom. The minimum absolute atomic E-state index is 0.327. The van der Waals surface area contributed by atoms with Crippen molar-refractivity contribution in [1.29, 1.82) is 0 Å². The quantitative estimate of drug-likeness (QED) is 0.809. The molecular weight excluding hydrogens is 282 g/mol. The average molecular weight is 292 g/mol. The van der Waals surface area contributed by atoms with Crippen LogP contribution >= 0.6 is 15.9 Å². The number of pyridine rings is 1. The zero-order valence-electron chi connectivity index (χ0n) is 9.18. The van der Waals surface area contributed by atoms with E-state index >= 15 is 0 Å². The summed E-state index contributed by atoms with van der Waals surface area (Å²) >= 11 is 3.38. The lowest BCUT2D eigenvalue weighted by Gasteiger charge is -2.09. The highest BCUT2D eigenvalue weighted by molar-refractivity contribution is 9.10. The van der Waals surface area contributed by atoms with E-state index in [-0.39, 0.29) is 0 Å². The summed E-state index contributed by atoms with van der Waals surface area (Å²) in [5.41, 5.74) is 1.41. The minimum atomic E-state index is 0.327. The van der Waals surface area contributed by atoms with Gasteiger partial charge in [0.2, 0.25) is 5.88 Å². The lowest BCUT2D eigenvalue weighted by atomic mass is 10.2. The molecule has 0 unspecified atom stereocenters. The molecule has 0 saturated heterocycles.